The molecule has 0 spiro atoms. The van der Waals surface area contributed by atoms with Gasteiger partial charge in [0.2, 0.25) is 70.9 Å². The minimum absolute atomic E-state index is 0.00536. The van der Waals surface area contributed by atoms with Gasteiger partial charge < -0.3 is 102 Å². The van der Waals surface area contributed by atoms with Crippen LogP contribution >= 0.6 is 0 Å². The van der Waals surface area contributed by atoms with Gasteiger partial charge in [0, 0.05) is 36.5 Å². The number of phenolic OH excluding ortho intramolecular Hbond substituents is 1. The first-order valence-corrected chi connectivity index (χ1v) is 32.7. The standard InChI is InChI=1S/C65H104N18O14/c1-33(2)26-48(60(93)74-36(7)55(88)73-32-52(86)77-45(19-15-25-71-65(69)70)58(91)79-47(54(68)87)30-41-31-72-44-17-12-11-16-43(41)44)82-59(92)46(18-13-14-24-66)78-62(95)50(28-35(5)6)83-63(96)49(27-34(3)4)80-56(89)37(8)75-61(94)51(29-40-20-22-42(85)23-21-40)81-57(90)38(9)76-64(97)53(67)39(10)84/h11-12,16-17,20-23,31,33-39,45-51,53,72,84-85H,13-15,18-19,24-30,32,66-67H2,1-10H3,(H2,68,87)(H,73,88)(H,74,93)(H,75,94)(H,76,97)(H,77,86)(H,78,95)(H,79,91)(H,80,89)(H,81,90)(H,82,92)(H,83,96)(H4,69,70,71)/t36-,37-,38-,39+,45-,46-,47-,48-,49-,50-,51-,53-/m0/s1. The second-order valence-electron chi connectivity index (χ2n) is 25.6. The molecule has 12 atom stereocenters. The Hall–Kier alpha value is -9.43. The van der Waals surface area contributed by atoms with E-state index in [1.807, 2.05) is 24.3 Å². The van der Waals surface area contributed by atoms with Crippen molar-refractivity contribution >= 4 is 87.7 Å². The van der Waals surface area contributed by atoms with Crippen LogP contribution in [-0.2, 0) is 70.4 Å². The molecule has 0 unspecified atom stereocenters. The number of amides is 12. The van der Waals surface area contributed by atoms with E-state index >= 15 is 0 Å². The van der Waals surface area contributed by atoms with Gasteiger partial charge >= 0.3 is 0 Å². The first kappa shape index (κ1) is 81.8. The van der Waals surface area contributed by atoms with E-state index in [0.717, 1.165) is 10.9 Å². The monoisotopic (exact) mass is 1360 g/mol. The molecule has 0 aliphatic carbocycles. The number of unbranched alkanes of at least 4 members (excludes halogenated alkanes) is 1. The molecule has 32 nitrogen and oxygen atoms in total. The Labute approximate surface area is 565 Å². The van der Waals surface area contributed by atoms with Crippen molar-refractivity contribution in [1.82, 2.24) is 63.5 Å². The maximum atomic E-state index is 14.4. The number of carbonyl (C=O) groups excluding carboxylic acids is 12. The molecule has 1 aromatic heterocycles. The summed E-state index contributed by atoms with van der Waals surface area (Å²) in [6.07, 6.45) is 1.64. The molecule has 32 heteroatoms. The van der Waals surface area contributed by atoms with Crippen molar-refractivity contribution in [3.63, 3.8) is 0 Å². The van der Waals surface area contributed by atoms with Crippen LogP contribution < -0.4 is 87.2 Å². The number of hydrogen-bond donors (Lipinski definition) is 19. The van der Waals surface area contributed by atoms with Crippen molar-refractivity contribution in [2.75, 3.05) is 19.6 Å². The van der Waals surface area contributed by atoms with Gasteiger partial charge in [-0.1, -0.05) is 71.9 Å². The van der Waals surface area contributed by atoms with Crippen molar-refractivity contribution in [1.29, 1.82) is 0 Å². The highest BCUT2D eigenvalue weighted by Crippen LogP contribution is 2.20. The third-order valence-electron chi connectivity index (χ3n) is 15.5. The zero-order chi connectivity index (χ0) is 72.8. The third-order valence-corrected chi connectivity index (χ3v) is 15.5. The van der Waals surface area contributed by atoms with E-state index in [1.54, 1.807) is 47.7 Å². The molecule has 3 rings (SSSR count). The fourth-order valence-corrected chi connectivity index (χ4v) is 10.1. The molecule has 0 bridgehead atoms. The number of nitrogens with one attached hydrogen (secondary N) is 12. The van der Waals surface area contributed by atoms with Gasteiger partial charge in [-0.25, -0.2) is 0 Å². The third kappa shape index (κ3) is 29.2. The number of aromatic nitrogens is 1. The van der Waals surface area contributed by atoms with Crippen molar-refractivity contribution in [3.05, 3.63) is 65.9 Å². The number of carbonyl (C=O) groups is 12. The van der Waals surface area contributed by atoms with Gasteiger partial charge in [-0.3, -0.25) is 62.5 Å². The number of rotatable bonds is 42. The molecule has 2 aromatic carbocycles. The number of para-hydroxylation sites is 1. The van der Waals surface area contributed by atoms with Crippen LogP contribution in [0.1, 0.15) is 132 Å². The molecule has 1 heterocycles. The maximum Gasteiger partial charge on any atom is 0.243 e. The smallest absolute Gasteiger partial charge is 0.243 e. The number of H-pyrrole nitrogens is 1. The number of benzene rings is 2. The highest BCUT2D eigenvalue weighted by atomic mass is 16.3. The summed E-state index contributed by atoms with van der Waals surface area (Å²) < 4.78 is 0. The number of guanidine groups is 1. The van der Waals surface area contributed by atoms with Crippen LogP contribution in [0.15, 0.2) is 59.7 Å². The predicted molar refractivity (Wildman–Crippen MR) is 363 cm³/mol. The summed E-state index contributed by atoms with van der Waals surface area (Å²) in [6, 6.07) is -0.902. The van der Waals surface area contributed by atoms with Crippen LogP contribution in [0.25, 0.3) is 10.9 Å². The van der Waals surface area contributed by atoms with Gasteiger partial charge in [0.25, 0.3) is 0 Å². The van der Waals surface area contributed by atoms with E-state index in [0.29, 0.717) is 24.0 Å². The van der Waals surface area contributed by atoms with E-state index < -0.39 is 150 Å². The van der Waals surface area contributed by atoms with Gasteiger partial charge in [-0.05, 0) is 133 Å². The van der Waals surface area contributed by atoms with Gasteiger partial charge in [0.05, 0.1) is 12.6 Å². The van der Waals surface area contributed by atoms with Gasteiger partial charge in [0.15, 0.2) is 5.96 Å². The number of aliphatic imine (C=N–C) groups is 1. The normalized spacial score (nSPS) is 15.0. The highest BCUT2D eigenvalue weighted by molar-refractivity contribution is 5.99. The van der Waals surface area contributed by atoms with Crippen molar-refractivity contribution in [2.45, 2.75) is 206 Å². The van der Waals surface area contributed by atoms with Crippen molar-refractivity contribution in [3.8, 4) is 5.75 Å². The lowest BCUT2D eigenvalue weighted by molar-refractivity contribution is -0.136. The molecule has 12 amide bonds. The molecule has 3 aromatic rings. The Morgan fingerprint density at radius 1 is 0.485 bits per heavy atom. The zero-order valence-electron chi connectivity index (χ0n) is 57.2. The predicted octanol–water partition coefficient (Wildman–Crippen LogP) is -2.80. The van der Waals surface area contributed by atoms with Crippen LogP contribution in [-0.4, -0.2) is 184 Å². The van der Waals surface area contributed by atoms with Crippen LogP contribution in [0.4, 0.5) is 0 Å². The van der Waals surface area contributed by atoms with Gasteiger partial charge in [-0.2, -0.15) is 0 Å². The molecule has 0 saturated carbocycles. The van der Waals surface area contributed by atoms with Crippen LogP contribution in [0, 0.1) is 17.8 Å². The number of hydrogen-bond acceptors (Lipinski definition) is 17. The van der Waals surface area contributed by atoms with E-state index in [-0.39, 0.29) is 93.9 Å². The molecule has 97 heavy (non-hydrogen) atoms. The number of aromatic amines is 1. The largest absolute Gasteiger partial charge is 0.508 e. The molecule has 0 aliphatic heterocycles. The van der Waals surface area contributed by atoms with Crippen LogP contribution in [0.3, 0.4) is 0 Å². The Morgan fingerprint density at radius 3 is 1.42 bits per heavy atom. The molecule has 0 fully saturated rings. The number of nitrogens with zero attached hydrogens (tertiary/aromatic N) is 1. The summed E-state index contributed by atoms with van der Waals surface area (Å²) in [5, 5.41) is 49.1. The average molecular weight is 1360 g/mol. The lowest BCUT2D eigenvalue weighted by Crippen LogP contribution is -2.60. The number of nitrogens with two attached hydrogens (primary N) is 5. The second kappa shape index (κ2) is 40.8. The maximum absolute atomic E-state index is 14.4. The summed E-state index contributed by atoms with van der Waals surface area (Å²) in [7, 11) is 0. The molecule has 538 valence electrons. The summed E-state index contributed by atoms with van der Waals surface area (Å²) in [6.45, 7) is 15.8. The molecule has 0 saturated heterocycles. The van der Waals surface area contributed by atoms with E-state index in [4.69, 9.17) is 28.7 Å². The number of fused-ring (bicyclic) bond motifs is 1. The SMILES string of the molecule is CC(C)C[C@H](NC(=O)[C@H](C)NC(=O)[C@H](Cc1ccc(O)cc1)NC(=O)[C@H](C)NC(=O)[C@@H](N)[C@@H](C)O)C(=O)N[C@@H](CC(C)C)C(=O)N[C@@H](CCCCN)C(=O)N[C@@H](CC(C)C)C(=O)N[C@@H](C)C(=O)NCC(=O)N[C@@H](CCCN=C(N)N)C(=O)N[C@@H](Cc1c[nH]c2ccccc12)C(N)=O. The van der Waals surface area contributed by atoms with E-state index in [1.165, 1.54) is 52.0 Å². The molecule has 0 aliphatic rings. The number of primary amides is 1. The number of aliphatic hydroxyl groups is 1. The first-order valence-electron chi connectivity index (χ1n) is 32.7. The average Bonchev–Trinajstić information content (AvgIpc) is 1.72. The summed E-state index contributed by atoms with van der Waals surface area (Å²) in [5.74, 6) is -10.4. The summed E-state index contributed by atoms with van der Waals surface area (Å²) >= 11 is 0. The quantitative estimate of drug-likeness (QED) is 0.0155. The van der Waals surface area contributed by atoms with E-state index in [2.05, 4.69) is 68.5 Å². The molecule has 24 N–H and O–H groups in total. The fourth-order valence-electron chi connectivity index (χ4n) is 10.1. The topological polar surface area (TPSA) is 536 Å². The van der Waals surface area contributed by atoms with Crippen LogP contribution in [0.5, 0.6) is 5.75 Å². The molecular weight excluding hydrogens is 1260 g/mol. The van der Waals surface area contributed by atoms with Crippen molar-refractivity contribution in [2.24, 2.45) is 51.4 Å². The van der Waals surface area contributed by atoms with E-state index in [9.17, 15) is 67.7 Å². The Kier molecular flexibility index (Phi) is 34.4. The summed E-state index contributed by atoms with van der Waals surface area (Å²) in [5.41, 5.74) is 30.2. The fraction of sp³-hybridized carbons (Fsp3) is 0.585. The molecular formula is C65H104N18O14. The first-order chi connectivity index (χ1) is 45.6. The number of phenols is 1. The Morgan fingerprint density at radius 2 is 0.918 bits per heavy atom. The number of aromatic hydroxyl groups is 1. The minimum atomic E-state index is -1.35. The van der Waals surface area contributed by atoms with Gasteiger partial charge in [0.1, 0.15) is 72.2 Å². The van der Waals surface area contributed by atoms with Crippen LogP contribution in [0.2, 0.25) is 0 Å². The summed E-state index contributed by atoms with van der Waals surface area (Å²) in [4.78, 5) is 171. The second-order valence-corrected chi connectivity index (χ2v) is 25.6. The van der Waals surface area contributed by atoms with Gasteiger partial charge in [-0.15, -0.1) is 0 Å². The minimum Gasteiger partial charge on any atom is -0.508 e. The lowest BCUT2D eigenvalue weighted by atomic mass is 9.99. The molecule has 0 radical (unpaired) electrons. The highest BCUT2D eigenvalue weighted by Gasteiger charge is 2.36. The Bertz CT molecular complexity index is 3170. The lowest BCUT2D eigenvalue weighted by Gasteiger charge is -2.29. The Balaban J connectivity index is 1.75. The van der Waals surface area contributed by atoms with Crippen molar-refractivity contribution < 1.29 is 67.7 Å². The zero-order valence-corrected chi connectivity index (χ0v) is 57.2. The number of aliphatic hydroxyl groups excluding tert-OH is 1.